The van der Waals surface area contributed by atoms with Crippen molar-refractivity contribution in [1.82, 2.24) is 5.32 Å². The molecular formula is C18H24N3OS+. The smallest absolute Gasteiger partial charge is 0.171 e. The first-order chi connectivity index (χ1) is 11.2. The molecule has 23 heavy (non-hydrogen) atoms. The minimum atomic E-state index is 0.310. The van der Waals surface area contributed by atoms with E-state index in [9.17, 15) is 0 Å². The van der Waals surface area contributed by atoms with Gasteiger partial charge in [0.1, 0.15) is 0 Å². The number of quaternary nitrogens is 1. The second kappa shape index (κ2) is 7.62. The van der Waals surface area contributed by atoms with E-state index in [0.29, 0.717) is 11.2 Å². The first-order valence-electron chi connectivity index (χ1n) is 8.22. The molecule has 1 aromatic heterocycles. The molecule has 2 heterocycles. The van der Waals surface area contributed by atoms with Crippen molar-refractivity contribution >= 4 is 23.0 Å². The average molecular weight is 330 g/mol. The van der Waals surface area contributed by atoms with E-state index < -0.39 is 0 Å². The van der Waals surface area contributed by atoms with E-state index in [1.165, 1.54) is 31.5 Å². The van der Waals surface area contributed by atoms with E-state index in [2.05, 4.69) is 35.8 Å². The Bertz CT molecular complexity index is 618. The molecule has 1 aromatic carbocycles. The normalized spacial score (nSPS) is 16.2. The van der Waals surface area contributed by atoms with Crippen LogP contribution in [0.1, 0.15) is 30.2 Å². The number of likely N-dealkylation sites (tertiary alicyclic amines) is 1. The number of anilines is 1. The van der Waals surface area contributed by atoms with Crippen molar-refractivity contribution in [3.05, 3.63) is 54.0 Å². The lowest BCUT2D eigenvalue weighted by molar-refractivity contribution is -0.919. The predicted octanol–water partition coefficient (Wildman–Crippen LogP) is 2.29. The topological polar surface area (TPSA) is 41.6 Å². The number of hydrogen-bond donors (Lipinski definition) is 3. The van der Waals surface area contributed by atoms with Gasteiger partial charge in [-0.2, -0.15) is 0 Å². The highest BCUT2D eigenvalue weighted by molar-refractivity contribution is 7.80. The molecule has 1 saturated heterocycles. The zero-order valence-electron chi connectivity index (χ0n) is 13.5. The van der Waals surface area contributed by atoms with Crippen LogP contribution in [0.4, 0.5) is 5.69 Å². The standard InChI is InChI=1S/C18H23N3OS/c1-14-6-8-15(9-7-14)20-18(23)19-13-16(17-5-4-12-22-17)21-10-2-3-11-21/h4-9,12,16H,2-3,10-11,13H2,1H3,(H2,19,20,23)/p+1/t16-/m1/s1. The summed E-state index contributed by atoms with van der Waals surface area (Å²) >= 11 is 5.43. The van der Waals surface area contributed by atoms with E-state index in [4.69, 9.17) is 16.6 Å². The van der Waals surface area contributed by atoms with Crippen molar-refractivity contribution in [2.75, 3.05) is 25.0 Å². The van der Waals surface area contributed by atoms with Crippen molar-refractivity contribution in [1.29, 1.82) is 0 Å². The van der Waals surface area contributed by atoms with Crippen LogP contribution in [0.25, 0.3) is 0 Å². The van der Waals surface area contributed by atoms with Gasteiger partial charge in [0, 0.05) is 18.5 Å². The maximum Gasteiger partial charge on any atom is 0.171 e. The molecule has 3 rings (SSSR count). The van der Waals surface area contributed by atoms with Crippen molar-refractivity contribution in [3.8, 4) is 0 Å². The largest absolute Gasteiger partial charge is 0.463 e. The zero-order chi connectivity index (χ0) is 16.1. The fourth-order valence-corrected chi connectivity index (χ4v) is 3.32. The van der Waals surface area contributed by atoms with Crippen LogP contribution in [0.15, 0.2) is 47.1 Å². The molecule has 0 aliphatic carbocycles. The molecule has 1 fully saturated rings. The van der Waals surface area contributed by atoms with Gasteiger partial charge in [-0.05, 0) is 43.4 Å². The summed E-state index contributed by atoms with van der Waals surface area (Å²) in [5.41, 5.74) is 2.25. The number of thiocarbonyl (C=S) groups is 1. The first kappa shape index (κ1) is 16.0. The monoisotopic (exact) mass is 330 g/mol. The van der Waals surface area contributed by atoms with Crippen LogP contribution in [-0.2, 0) is 0 Å². The summed E-state index contributed by atoms with van der Waals surface area (Å²) in [4.78, 5) is 1.57. The lowest BCUT2D eigenvalue weighted by Gasteiger charge is -2.23. The van der Waals surface area contributed by atoms with Crippen LogP contribution < -0.4 is 15.5 Å². The molecule has 5 heteroatoms. The second-order valence-electron chi connectivity index (χ2n) is 6.13. The molecule has 3 N–H and O–H groups in total. The molecule has 1 aliphatic rings. The average Bonchev–Trinajstić information content (AvgIpc) is 3.24. The van der Waals surface area contributed by atoms with Gasteiger partial charge in [0.15, 0.2) is 16.9 Å². The Balaban J connectivity index is 1.57. The Kier molecular flexibility index (Phi) is 5.31. The third-order valence-corrected chi connectivity index (χ3v) is 4.65. The van der Waals surface area contributed by atoms with E-state index in [1.807, 2.05) is 18.2 Å². The second-order valence-corrected chi connectivity index (χ2v) is 6.54. The summed E-state index contributed by atoms with van der Waals surface area (Å²) < 4.78 is 5.65. The molecule has 0 amide bonds. The van der Waals surface area contributed by atoms with Gasteiger partial charge in [0.2, 0.25) is 0 Å². The molecule has 1 atom stereocenters. The minimum absolute atomic E-state index is 0.310. The van der Waals surface area contributed by atoms with Gasteiger partial charge in [-0.15, -0.1) is 0 Å². The van der Waals surface area contributed by atoms with Crippen LogP contribution in [0, 0.1) is 6.92 Å². The van der Waals surface area contributed by atoms with E-state index in [-0.39, 0.29) is 0 Å². The predicted molar refractivity (Wildman–Crippen MR) is 96.8 cm³/mol. The molecule has 1 aliphatic heterocycles. The zero-order valence-corrected chi connectivity index (χ0v) is 14.3. The number of nitrogens with one attached hydrogen (secondary N) is 3. The lowest BCUT2D eigenvalue weighted by Crippen LogP contribution is -3.11. The Morgan fingerprint density at radius 2 is 1.96 bits per heavy atom. The molecule has 0 unspecified atom stereocenters. The van der Waals surface area contributed by atoms with Crippen LogP contribution >= 0.6 is 12.2 Å². The molecule has 4 nitrogen and oxygen atoms in total. The van der Waals surface area contributed by atoms with Gasteiger partial charge >= 0.3 is 0 Å². The number of rotatable bonds is 5. The minimum Gasteiger partial charge on any atom is -0.463 e. The van der Waals surface area contributed by atoms with E-state index >= 15 is 0 Å². The highest BCUT2D eigenvalue weighted by Crippen LogP contribution is 2.12. The Morgan fingerprint density at radius 1 is 1.22 bits per heavy atom. The van der Waals surface area contributed by atoms with Gasteiger partial charge < -0.3 is 20.0 Å². The van der Waals surface area contributed by atoms with Crippen molar-refractivity contribution < 1.29 is 9.32 Å². The van der Waals surface area contributed by atoms with Gasteiger partial charge in [-0.3, -0.25) is 0 Å². The summed E-state index contributed by atoms with van der Waals surface area (Å²) in [7, 11) is 0. The maximum absolute atomic E-state index is 5.65. The quantitative estimate of drug-likeness (QED) is 0.736. The molecular weight excluding hydrogens is 306 g/mol. The molecule has 122 valence electrons. The molecule has 2 aromatic rings. The van der Waals surface area contributed by atoms with Gasteiger partial charge in [0.25, 0.3) is 0 Å². The van der Waals surface area contributed by atoms with Gasteiger partial charge in [-0.25, -0.2) is 0 Å². The summed E-state index contributed by atoms with van der Waals surface area (Å²) in [6.07, 6.45) is 4.33. The summed E-state index contributed by atoms with van der Waals surface area (Å²) in [5.74, 6) is 1.03. The van der Waals surface area contributed by atoms with Crippen LogP contribution in [0.5, 0.6) is 0 Å². The number of aryl methyl sites for hydroxylation is 1. The molecule has 0 saturated carbocycles. The summed E-state index contributed by atoms with van der Waals surface area (Å²) in [5, 5.41) is 7.25. The SMILES string of the molecule is Cc1ccc(NC(=S)NC[C@H](c2ccco2)[NH+]2CCCC2)cc1. The van der Waals surface area contributed by atoms with E-state index in [0.717, 1.165) is 18.0 Å². The van der Waals surface area contributed by atoms with Crippen LogP contribution in [0.3, 0.4) is 0 Å². The summed E-state index contributed by atoms with van der Waals surface area (Å²) in [6.45, 7) is 5.25. The maximum atomic E-state index is 5.65. The van der Waals surface area contributed by atoms with Gasteiger partial charge in [-0.1, -0.05) is 17.7 Å². The highest BCUT2D eigenvalue weighted by atomic mass is 32.1. The number of benzene rings is 1. The highest BCUT2D eigenvalue weighted by Gasteiger charge is 2.29. The fraction of sp³-hybridized carbons (Fsp3) is 0.389. The third kappa shape index (κ3) is 4.33. The third-order valence-electron chi connectivity index (χ3n) is 4.40. The number of furan rings is 1. The lowest BCUT2D eigenvalue weighted by atomic mass is 10.2. The summed E-state index contributed by atoms with van der Waals surface area (Å²) in [6, 6.07) is 12.6. The molecule has 0 radical (unpaired) electrons. The van der Waals surface area contributed by atoms with Crippen molar-refractivity contribution in [2.45, 2.75) is 25.8 Å². The first-order valence-corrected chi connectivity index (χ1v) is 8.63. The Labute approximate surface area is 142 Å². The Hall–Kier alpha value is -1.85. The van der Waals surface area contributed by atoms with Gasteiger partial charge in [0.05, 0.1) is 25.9 Å². The Morgan fingerprint density at radius 3 is 2.61 bits per heavy atom. The van der Waals surface area contributed by atoms with Crippen LogP contribution in [0.2, 0.25) is 0 Å². The molecule has 0 spiro atoms. The van der Waals surface area contributed by atoms with Crippen molar-refractivity contribution in [3.63, 3.8) is 0 Å². The fourth-order valence-electron chi connectivity index (χ4n) is 3.12. The molecule has 0 bridgehead atoms. The van der Waals surface area contributed by atoms with E-state index in [1.54, 1.807) is 11.2 Å². The van der Waals surface area contributed by atoms with Crippen molar-refractivity contribution in [2.24, 2.45) is 0 Å². The number of hydrogen-bond acceptors (Lipinski definition) is 2. The van der Waals surface area contributed by atoms with Crippen LogP contribution in [-0.4, -0.2) is 24.7 Å².